The molecule has 0 saturated carbocycles. The number of halogens is 2. The van der Waals surface area contributed by atoms with Crippen molar-refractivity contribution in [2.45, 2.75) is 4.90 Å². The summed E-state index contributed by atoms with van der Waals surface area (Å²) in [6, 6.07) is 4.34. The van der Waals surface area contributed by atoms with E-state index in [2.05, 4.69) is 30.6 Å². The minimum absolute atomic E-state index is 0.0997. The predicted octanol–water partition coefficient (Wildman–Crippen LogP) is 2.69. The van der Waals surface area contributed by atoms with Crippen molar-refractivity contribution in [3.8, 4) is 0 Å². The average Bonchev–Trinajstić information content (AvgIpc) is 2.33. The molecule has 1 aromatic carbocycles. The topological polar surface area (TPSA) is 72.0 Å². The van der Waals surface area contributed by atoms with Crippen molar-refractivity contribution in [2.75, 3.05) is 4.72 Å². The maximum absolute atomic E-state index is 12.0. The minimum atomic E-state index is -3.67. The van der Waals surface area contributed by atoms with Crippen molar-refractivity contribution in [3.63, 3.8) is 0 Å². The fourth-order valence-electron chi connectivity index (χ4n) is 1.21. The molecule has 0 saturated heterocycles. The summed E-state index contributed by atoms with van der Waals surface area (Å²) in [5.74, 6) is 0. The molecular formula is C10H7BrClN3O2S. The molecule has 0 aliphatic rings. The van der Waals surface area contributed by atoms with Crippen LogP contribution < -0.4 is 4.72 Å². The van der Waals surface area contributed by atoms with E-state index in [0.29, 0.717) is 15.2 Å². The standard InChI is InChI=1S/C10H7BrClN3O2S/c11-9-3-8(1-2-10(9)12)18(16,17)15-7-4-13-6-14-5-7/h1-6,15H. The van der Waals surface area contributed by atoms with Crippen LogP contribution in [0.25, 0.3) is 0 Å². The molecular weight excluding hydrogens is 342 g/mol. The molecule has 0 amide bonds. The van der Waals surface area contributed by atoms with Gasteiger partial charge in [-0.05, 0) is 34.1 Å². The fraction of sp³-hybridized carbons (Fsp3) is 0. The van der Waals surface area contributed by atoms with E-state index in [4.69, 9.17) is 11.6 Å². The van der Waals surface area contributed by atoms with Crippen LogP contribution in [-0.2, 0) is 10.0 Å². The van der Waals surface area contributed by atoms with E-state index in [9.17, 15) is 8.42 Å². The number of hydrogen-bond donors (Lipinski definition) is 1. The molecule has 0 aliphatic carbocycles. The highest BCUT2D eigenvalue weighted by Gasteiger charge is 2.15. The number of nitrogens with zero attached hydrogens (tertiary/aromatic N) is 2. The molecule has 1 heterocycles. The van der Waals surface area contributed by atoms with Crippen molar-refractivity contribution in [3.05, 3.63) is 46.4 Å². The summed E-state index contributed by atoms with van der Waals surface area (Å²) in [6.45, 7) is 0. The smallest absolute Gasteiger partial charge is 0.262 e. The number of rotatable bonds is 3. The lowest BCUT2D eigenvalue weighted by atomic mass is 10.4. The van der Waals surface area contributed by atoms with E-state index in [1.165, 1.54) is 36.9 Å². The third-order valence-electron chi connectivity index (χ3n) is 2.01. The van der Waals surface area contributed by atoms with Gasteiger partial charge in [0.15, 0.2) is 0 Å². The van der Waals surface area contributed by atoms with E-state index in [0.717, 1.165) is 0 Å². The van der Waals surface area contributed by atoms with Crippen LogP contribution in [0.3, 0.4) is 0 Å². The SMILES string of the molecule is O=S(=O)(Nc1cncnc1)c1ccc(Cl)c(Br)c1. The van der Waals surface area contributed by atoms with Crippen molar-refractivity contribution >= 4 is 43.2 Å². The quantitative estimate of drug-likeness (QED) is 0.925. The van der Waals surface area contributed by atoms with Crippen LogP contribution in [0.4, 0.5) is 5.69 Å². The molecule has 2 rings (SSSR count). The Kier molecular flexibility index (Phi) is 3.84. The Morgan fingerprint density at radius 1 is 1.22 bits per heavy atom. The summed E-state index contributed by atoms with van der Waals surface area (Å²) in [5.41, 5.74) is 0.295. The summed E-state index contributed by atoms with van der Waals surface area (Å²) in [4.78, 5) is 7.55. The van der Waals surface area contributed by atoms with Gasteiger partial charge in [-0.25, -0.2) is 18.4 Å². The maximum atomic E-state index is 12.0. The van der Waals surface area contributed by atoms with Crippen LogP contribution in [0.5, 0.6) is 0 Å². The van der Waals surface area contributed by atoms with Crippen LogP contribution in [0.15, 0.2) is 46.3 Å². The highest BCUT2D eigenvalue weighted by Crippen LogP contribution is 2.26. The molecule has 2 aromatic rings. The van der Waals surface area contributed by atoms with Gasteiger partial charge in [-0.2, -0.15) is 0 Å². The number of sulfonamides is 1. The number of aromatic nitrogens is 2. The average molecular weight is 349 g/mol. The van der Waals surface area contributed by atoms with Gasteiger partial charge >= 0.3 is 0 Å². The molecule has 18 heavy (non-hydrogen) atoms. The third-order valence-corrected chi connectivity index (χ3v) is 4.61. The van der Waals surface area contributed by atoms with Gasteiger partial charge < -0.3 is 0 Å². The van der Waals surface area contributed by atoms with Crippen LogP contribution >= 0.6 is 27.5 Å². The van der Waals surface area contributed by atoms with E-state index < -0.39 is 10.0 Å². The monoisotopic (exact) mass is 347 g/mol. The Morgan fingerprint density at radius 2 is 1.89 bits per heavy atom. The Morgan fingerprint density at radius 3 is 2.50 bits per heavy atom. The van der Waals surface area contributed by atoms with Crippen LogP contribution in [-0.4, -0.2) is 18.4 Å². The molecule has 0 unspecified atom stereocenters. The lowest BCUT2D eigenvalue weighted by Crippen LogP contribution is -2.13. The molecule has 0 aliphatic heterocycles. The lowest BCUT2D eigenvalue weighted by Gasteiger charge is -2.07. The molecule has 1 N–H and O–H groups in total. The molecule has 0 atom stereocenters. The lowest BCUT2D eigenvalue weighted by molar-refractivity contribution is 0.601. The largest absolute Gasteiger partial charge is 0.276 e. The second kappa shape index (κ2) is 5.21. The van der Waals surface area contributed by atoms with E-state index in [1.54, 1.807) is 0 Å². The number of nitrogens with one attached hydrogen (secondary N) is 1. The van der Waals surface area contributed by atoms with Gasteiger partial charge in [0.05, 0.1) is 28.0 Å². The predicted molar refractivity (Wildman–Crippen MR) is 72.0 cm³/mol. The Balaban J connectivity index is 2.34. The number of anilines is 1. The zero-order chi connectivity index (χ0) is 13.2. The Hall–Kier alpha value is -1.18. The first-order valence-corrected chi connectivity index (χ1v) is 7.37. The van der Waals surface area contributed by atoms with Crippen LogP contribution in [0, 0.1) is 0 Å². The minimum Gasteiger partial charge on any atom is -0.276 e. The molecule has 1 aromatic heterocycles. The second-order valence-corrected chi connectivity index (χ2v) is 6.25. The summed E-state index contributed by atoms with van der Waals surface area (Å²) in [6.07, 6.45) is 4.06. The van der Waals surface area contributed by atoms with Gasteiger partial charge in [0, 0.05) is 4.47 Å². The van der Waals surface area contributed by atoms with Gasteiger partial charge in [-0.1, -0.05) is 11.6 Å². The molecule has 5 nitrogen and oxygen atoms in total. The van der Waals surface area contributed by atoms with Gasteiger partial charge in [-0.15, -0.1) is 0 Å². The van der Waals surface area contributed by atoms with Crippen molar-refractivity contribution in [2.24, 2.45) is 0 Å². The van der Waals surface area contributed by atoms with Crippen molar-refractivity contribution < 1.29 is 8.42 Å². The summed E-state index contributed by atoms with van der Waals surface area (Å²) >= 11 is 8.98. The van der Waals surface area contributed by atoms with Crippen molar-refractivity contribution in [1.82, 2.24) is 9.97 Å². The van der Waals surface area contributed by atoms with E-state index in [-0.39, 0.29) is 4.90 Å². The van der Waals surface area contributed by atoms with Gasteiger partial charge in [0.25, 0.3) is 10.0 Å². The summed E-state index contributed by atoms with van der Waals surface area (Å²) in [5, 5.41) is 0.442. The zero-order valence-corrected chi connectivity index (χ0v) is 12.0. The van der Waals surface area contributed by atoms with E-state index >= 15 is 0 Å². The van der Waals surface area contributed by atoms with Crippen LogP contribution in [0.2, 0.25) is 5.02 Å². The maximum Gasteiger partial charge on any atom is 0.262 e. The Bertz CT molecular complexity index is 664. The molecule has 0 fully saturated rings. The highest BCUT2D eigenvalue weighted by molar-refractivity contribution is 9.10. The molecule has 0 bridgehead atoms. The fourth-order valence-corrected chi connectivity index (χ4v) is 2.91. The van der Waals surface area contributed by atoms with Crippen molar-refractivity contribution in [1.29, 1.82) is 0 Å². The second-order valence-electron chi connectivity index (χ2n) is 3.31. The Labute approximate surface area is 117 Å². The number of hydrogen-bond acceptors (Lipinski definition) is 4. The van der Waals surface area contributed by atoms with E-state index in [1.807, 2.05) is 0 Å². The van der Waals surface area contributed by atoms with Gasteiger partial charge in [-0.3, -0.25) is 4.72 Å². The first kappa shape index (κ1) is 13.3. The van der Waals surface area contributed by atoms with Crippen LogP contribution in [0.1, 0.15) is 0 Å². The molecule has 0 spiro atoms. The number of benzene rings is 1. The van der Waals surface area contributed by atoms with Gasteiger partial charge in [0.1, 0.15) is 6.33 Å². The van der Waals surface area contributed by atoms with Gasteiger partial charge in [0.2, 0.25) is 0 Å². The molecule has 8 heteroatoms. The molecule has 0 radical (unpaired) electrons. The summed E-state index contributed by atoms with van der Waals surface area (Å²) < 4.78 is 26.9. The molecule has 94 valence electrons. The third kappa shape index (κ3) is 2.98. The zero-order valence-electron chi connectivity index (χ0n) is 8.84. The first-order chi connectivity index (χ1) is 8.49. The summed E-state index contributed by atoms with van der Waals surface area (Å²) in [7, 11) is -3.67. The normalized spacial score (nSPS) is 11.2. The highest BCUT2D eigenvalue weighted by atomic mass is 79.9. The first-order valence-electron chi connectivity index (χ1n) is 4.72.